The number of rotatable bonds is 16. The molecule has 0 aromatic heterocycles. The SMILES string of the molecule is NC[C@@H]1O[C@H](O[C@H]2[C@@H](O)[C@H](O[C@@H]3[C@@H](O)[C@H](NC(=O)C(O)[C@@H](F)CN)C[C@H](N)[C@H]3O[C@H]3O[C@H](CNCCO)C=C[C@H]3N)O[C@@H]2CO)[C@H](N)[C@@H](O)[C@@H]1O. The fraction of sp³-hybridized carbons (Fsp3) is 0.897. The Morgan fingerprint density at radius 3 is 2.18 bits per heavy atom. The number of nitrogens with one attached hydrogen (secondary N) is 2. The van der Waals surface area contributed by atoms with Gasteiger partial charge in [-0.05, 0) is 6.42 Å². The lowest BCUT2D eigenvalue weighted by molar-refractivity contribution is -0.284. The average molecular weight is 744 g/mol. The van der Waals surface area contributed by atoms with Crippen LogP contribution in [-0.2, 0) is 33.2 Å². The summed E-state index contributed by atoms with van der Waals surface area (Å²) in [6.45, 7) is -1.08. The van der Waals surface area contributed by atoms with Gasteiger partial charge in [0.15, 0.2) is 25.0 Å². The highest BCUT2D eigenvalue weighted by Crippen LogP contribution is 2.34. The van der Waals surface area contributed by atoms with Gasteiger partial charge in [0.1, 0.15) is 61.1 Å². The number of carbonyl (C=O) groups excluding carboxylic acids is 1. The highest BCUT2D eigenvalue weighted by Gasteiger charge is 2.54. The lowest BCUT2D eigenvalue weighted by atomic mass is 9.83. The van der Waals surface area contributed by atoms with Crippen LogP contribution in [0.25, 0.3) is 0 Å². The van der Waals surface area contributed by atoms with Crippen molar-refractivity contribution in [1.82, 2.24) is 10.6 Å². The molecular weight excluding hydrogens is 689 g/mol. The molecule has 296 valence electrons. The molecule has 0 bridgehead atoms. The molecule has 3 heterocycles. The molecule has 22 heteroatoms. The zero-order valence-corrected chi connectivity index (χ0v) is 27.8. The second kappa shape index (κ2) is 19.1. The summed E-state index contributed by atoms with van der Waals surface area (Å²) in [4.78, 5) is 12.7. The first kappa shape index (κ1) is 42.1. The van der Waals surface area contributed by atoms with Gasteiger partial charge in [0.05, 0.1) is 37.4 Å². The zero-order chi connectivity index (χ0) is 37.6. The van der Waals surface area contributed by atoms with Crippen molar-refractivity contribution in [3.63, 3.8) is 0 Å². The van der Waals surface area contributed by atoms with Gasteiger partial charge < -0.3 is 103 Å². The van der Waals surface area contributed by atoms with Crippen molar-refractivity contribution in [2.45, 2.75) is 123 Å². The largest absolute Gasteiger partial charge is 0.395 e. The van der Waals surface area contributed by atoms with Crippen LogP contribution in [0.3, 0.4) is 0 Å². The molecule has 4 aliphatic rings. The van der Waals surface area contributed by atoms with E-state index in [1.54, 1.807) is 12.2 Å². The highest BCUT2D eigenvalue weighted by atomic mass is 19.1. The number of alkyl halides is 1. The molecule has 2 saturated heterocycles. The van der Waals surface area contributed by atoms with E-state index in [1.807, 2.05) is 0 Å². The lowest BCUT2D eigenvalue weighted by Gasteiger charge is -2.46. The van der Waals surface area contributed by atoms with Crippen LogP contribution in [0.1, 0.15) is 6.42 Å². The van der Waals surface area contributed by atoms with Crippen molar-refractivity contribution in [2.75, 3.05) is 39.4 Å². The predicted octanol–water partition coefficient (Wildman–Crippen LogP) is -8.62. The van der Waals surface area contributed by atoms with E-state index < -0.39 is 135 Å². The third-order valence-electron chi connectivity index (χ3n) is 9.32. The second-order valence-corrected chi connectivity index (χ2v) is 13.0. The fourth-order valence-electron chi connectivity index (χ4n) is 6.36. The molecule has 1 amide bonds. The van der Waals surface area contributed by atoms with Crippen molar-refractivity contribution in [1.29, 1.82) is 0 Å². The number of nitrogens with two attached hydrogens (primary N) is 5. The number of aliphatic hydroxyl groups is 7. The molecule has 19 N–H and O–H groups in total. The molecule has 1 aliphatic carbocycles. The van der Waals surface area contributed by atoms with Gasteiger partial charge >= 0.3 is 0 Å². The summed E-state index contributed by atoms with van der Waals surface area (Å²) in [6.07, 6.45) is -18.7. The van der Waals surface area contributed by atoms with Crippen molar-refractivity contribution in [3.8, 4) is 0 Å². The molecule has 51 heavy (non-hydrogen) atoms. The summed E-state index contributed by atoms with van der Waals surface area (Å²) < 4.78 is 49.5. The maximum Gasteiger partial charge on any atom is 0.252 e. The third-order valence-corrected chi connectivity index (χ3v) is 9.32. The maximum atomic E-state index is 14.0. The second-order valence-electron chi connectivity index (χ2n) is 13.0. The molecule has 0 radical (unpaired) electrons. The van der Waals surface area contributed by atoms with Crippen molar-refractivity contribution in [3.05, 3.63) is 12.2 Å². The Labute approximate surface area is 293 Å². The summed E-state index contributed by atoms with van der Waals surface area (Å²) in [7, 11) is 0. The number of halogens is 1. The molecule has 0 aromatic rings. The Morgan fingerprint density at radius 2 is 1.53 bits per heavy atom. The summed E-state index contributed by atoms with van der Waals surface area (Å²) >= 11 is 0. The molecular formula is C29H54FN7O14. The van der Waals surface area contributed by atoms with E-state index in [-0.39, 0.29) is 19.6 Å². The van der Waals surface area contributed by atoms with Crippen LogP contribution in [0.5, 0.6) is 0 Å². The van der Waals surface area contributed by atoms with Crippen LogP contribution in [-0.4, -0.2) is 197 Å². The summed E-state index contributed by atoms with van der Waals surface area (Å²) in [5, 5.41) is 78.1. The van der Waals surface area contributed by atoms with Crippen molar-refractivity contribution >= 4 is 5.91 Å². The van der Waals surface area contributed by atoms with E-state index in [0.717, 1.165) is 0 Å². The van der Waals surface area contributed by atoms with E-state index >= 15 is 0 Å². The van der Waals surface area contributed by atoms with Gasteiger partial charge in [-0.2, -0.15) is 0 Å². The number of hydrogen-bond acceptors (Lipinski definition) is 20. The monoisotopic (exact) mass is 743 g/mol. The minimum absolute atomic E-state index is 0.103. The van der Waals surface area contributed by atoms with E-state index in [4.69, 9.17) is 62.2 Å². The number of hydrogen-bond donors (Lipinski definition) is 14. The fourth-order valence-corrected chi connectivity index (χ4v) is 6.36. The molecule has 3 aliphatic heterocycles. The summed E-state index contributed by atoms with van der Waals surface area (Å²) in [5.74, 6) is -1.18. The van der Waals surface area contributed by atoms with Crippen LogP contribution in [0, 0.1) is 0 Å². The van der Waals surface area contributed by atoms with E-state index in [2.05, 4.69) is 10.6 Å². The molecule has 0 aromatic carbocycles. The van der Waals surface area contributed by atoms with E-state index in [0.29, 0.717) is 13.1 Å². The smallest absolute Gasteiger partial charge is 0.252 e. The van der Waals surface area contributed by atoms with Gasteiger partial charge in [-0.25, -0.2) is 4.39 Å². The van der Waals surface area contributed by atoms with E-state index in [9.17, 15) is 39.8 Å². The standard InChI is InChI=1S/C29H54FN7O14/c30-11(6-31)18(40)26(45)37-14-5-13(34)23(49-27-12(33)2-1-10(46-27)8-36-3-4-38)25(19(14)41)51-29-22(44)24(16(9-39)48-29)50-28-17(35)21(43)20(42)15(7-32)47-28/h1-2,10-25,27-29,36,38-44H,3-9,31-35H2,(H,37,45)/t10-,11-,12+,13-,14+,15-,16+,17+,18?,19-,20+,21+,22+,23+,24+,25+,27+,28+,29-/m0/s1. The van der Waals surface area contributed by atoms with Crippen LogP contribution in [0.2, 0.25) is 0 Å². The third kappa shape index (κ3) is 9.93. The van der Waals surface area contributed by atoms with Gasteiger partial charge in [-0.3, -0.25) is 4.79 Å². The Bertz CT molecular complexity index is 1120. The summed E-state index contributed by atoms with van der Waals surface area (Å²) in [5.41, 5.74) is 29.6. The van der Waals surface area contributed by atoms with Gasteiger partial charge in [-0.15, -0.1) is 0 Å². The number of amides is 1. The first-order chi connectivity index (χ1) is 24.3. The molecule has 1 unspecified atom stereocenters. The van der Waals surface area contributed by atoms with Crippen LogP contribution >= 0.6 is 0 Å². The van der Waals surface area contributed by atoms with E-state index in [1.165, 1.54) is 0 Å². The predicted molar refractivity (Wildman–Crippen MR) is 170 cm³/mol. The van der Waals surface area contributed by atoms with Crippen LogP contribution in [0.4, 0.5) is 4.39 Å². The Hall–Kier alpha value is -1.62. The quantitative estimate of drug-likeness (QED) is 0.0515. The Morgan fingerprint density at radius 1 is 0.863 bits per heavy atom. The van der Waals surface area contributed by atoms with Gasteiger partial charge in [0.2, 0.25) is 0 Å². The molecule has 4 rings (SSSR count). The first-order valence-corrected chi connectivity index (χ1v) is 16.8. The normalized spacial score (nSPS) is 44.3. The minimum Gasteiger partial charge on any atom is -0.395 e. The zero-order valence-electron chi connectivity index (χ0n) is 27.8. The molecule has 0 spiro atoms. The summed E-state index contributed by atoms with van der Waals surface area (Å²) in [6, 6.07) is -4.41. The molecule has 1 saturated carbocycles. The minimum atomic E-state index is -2.15. The van der Waals surface area contributed by atoms with Crippen LogP contribution < -0.4 is 39.3 Å². The number of aliphatic hydroxyl groups excluding tert-OH is 7. The van der Waals surface area contributed by atoms with Crippen molar-refractivity contribution < 1.29 is 73.4 Å². The highest BCUT2D eigenvalue weighted by molar-refractivity contribution is 5.81. The molecule has 19 atom stereocenters. The average Bonchev–Trinajstić information content (AvgIpc) is 3.41. The molecule has 21 nitrogen and oxygen atoms in total. The Kier molecular flexibility index (Phi) is 15.8. The maximum absolute atomic E-state index is 14.0. The topological polar surface area (TPSA) is 368 Å². The van der Waals surface area contributed by atoms with Gasteiger partial charge in [-0.1, -0.05) is 12.2 Å². The van der Waals surface area contributed by atoms with Crippen molar-refractivity contribution in [2.24, 2.45) is 28.7 Å². The lowest BCUT2D eigenvalue weighted by Crippen LogP contribution is -2.67. The van der Waals surface area contributed by atoms with Gasteiger partial charge in [0, 0.05) is 32.2 Å². The van der Waals surface area contributed by atoms with Gasteiger partial charge in [0.25, 0.3) is 5.91 Å². The number of carbonyl (C=O) groups is 1. The first-order valence-electron chi connectivity index (χ1n) is 16.8. The molecule has 3 fully saturated rings. The number of ether oxygens (including phenoxy) is 6. The van der Waals surface area contributed by atoms with Crippen LogP contribution in [0.15, 0.2) is 12.2 Å². The Balaban J connectivity index is 1.55.